The van der Waals surface area contributed by atoms with Crippen LogP contribution in [-0.2, 0) is 9.59 Å². The van der Waals surface area contributed by atoms with Gasteiger partial charge in [-0.2, -0.15) is 0 Å². The number of nitrogens with one attached hydrogen (secondary N) is 3. The number of anilines is 3. The van der Waals surface area contributed by atoms with E-state index < -0.39 is 17.6 Å². The lowest BCUT2D eigenvalue weighted by Gasteiger charge is -2.28. The second kappa shape index (κ2) is 11.8. The predicted molar refractivity (Wildman–Crippen MR) is 161 cm³/mol. The molecule has 0 aliphatic carbocycles. The minimum Gasteiger partial charge on any atom is -0.378 e. The zero-order valence-electron chi connectivity index (χ0n) is 24.1. The summed E-state index contributed by atoms with van der Waals surface area (Å²) in [5.74, 6) is -0.797. The summed E-state index contributed by atoms with van der Waals surface area (Å²) in [5, 5.41) is 8.70. The molecule has 0 bridgehead atoms. The van der Waals surface area contributed by atoms with Crippen molar-refractivity contribution in [2.75, 3.05) is 35.8 Å². The van der Waals surface area contributed by atoms with Crippen molar-refractivity contribution in [3.63, 3.8) is 0 Å². The maximum absolute atomic E-state index is 14.1. The fourth-order valence-corrected chi connectivity index (χ4v) is 4.98. The van der Waals surface area contributed by atoms with Gasteiger partial charge in [0.05, 0.1) is 0 Å². The number of carbonyl (C=O) groups excluding carboxylic acids is 3. The SMILES string of the molecule is Cc1ccc(NC(=O)NC2CC(c3cccc(N(C)C)c3)c3ccccc3N(CC(=O)NC(C)(C)C)C2=O)cc1. The smallest absolute Gasteiger partial charge is 0.319 e. The summed E-state index contributed by atoms with van der Waals surface area (Å²) in [6.45, 7) is 7.51. The highest BCUT2D eigenvalue weighted by molar-refractivity contribution is 6.05. The largest absolute Gasteiger partial charge is 0.378 e. The van der Waals surface area contributed by atoms with Crippen LogP contribution < -0.4 is 25.8 Å². The summed E-state index contributed by atoms with van der Waals surface area (Å²) in [6.07, 6.45) is 0.339. The molecule has 3 aromatic carbocycles. The molecule has 4 amide bonds. The third kappa shape index (κ3) is 7.00. The molecule has 4 rings (SSSR count). The van der Waals surface area contributed by atoms with E-state index >= 15 is 0 Å². The van der Waals surface area contributed by atoms with E-state index in [4.69, 9.17) is 0 Å². The van der Waals surface area contributed by atoms with E-state index in [0.717, 1.165) is 22.4 Å². The molecular formula is C32H39N5O3. The van der Waals surface area contributed by atoms with E-state index in [9.17, 15) is 14.4 Å². The first-order chi connectivity index (χ1) is 18.9. The molecule has 0 saturated carbocycles. The molecule has 40 heavy (non-hydrogen) atoms. The Bertz CT molecular complexity index is 1380. The minimum atomic E-state index is -0.867. The number of amides is 4. The summed E-state index contributed by atoms with van der Waals surface area (Å²) in [5.41, 5.74) is 4.91. The highest BCUT2D eigenvalue weighted by Gasteiger charge is 2.37. The van der Waals surface area contributed by atoms with Gasteiger partial charge < -0.3 is 25.8 Å². The molecule has 1 aliphatic rings. The molecule has 1 heterocycles. The van der Waals surface area contributed by atoms with Crippen LogP contribution in [0.3, 0.4) is 0 Å². The van der Waals surface area contributed by atoms with E-state index in [0.29, 0.717) is 17.8 Å². The Balaban J connectivity index is 1.73. The average molecular weight is 542 g/mol. The van der Waals surface area contributed by atoms with E-state index in [1.807, 2.05) is 113 Å². The number of hydrogen-bond acceptors (Lipinski definition) is 4. The van der Waals surface area contributed by atoms with Crippen LogP contribution in [0.1, 0.15) is 49.8 Å². The Hall–Kier alpha value is -4.33. The van der Waals surface area contributed by atoms with Crippen LogP contribution in [0.2, 0.25) is 0 Å². The van der Waals surface area contributed by atoms with Gasteiger partial charge in [0.2, 0.25) is 11.8 Å². The van der Waals surface area contributed by atoms with Crippen LogP contribution in [0.4, 0.5) is 21.9 Å². The Morgan fingerprint density at radius 3 is 2.35 bits per heavy atom. The molecule has 0 radical (unpaired) electrons. The van der Waals surface area contributed by atoms with E-state index in [2.05, 4.69) is 22.0 Å². The van der Waals surface area contributed by atoms with Gasteiger partial charge in [0.25, 0.3) is 0 Å². The van der Waals surface area contributed by atoms with Crippen LogP contribution in [0.15, 0.2) is 72.8 Å². The summed E-state index contributed by atoms with van der Waals surface area (Å²) < 4.78 is 0. The van der Waals surface area contributed by atoms with Crippen molar-refractivity contribution < 1.29 is 14.4 Å². The molecule has 0 saturated heterocycles. The van der Waals surface area contributed by atoms with Gasteiger partial charge >= 0.3 is 6.03 Å². The monoisotopic (exact) mass is 541 g/mol. The lowest BCUT2D eigenvalue weighted by atomic mass is 9.86. The van der Waals surface area contributed by atoms with Crippen LogP contribution in [0.25, 0.3) is 0 Å². The van der Waals surface area contributed by atoms with Crippen molar-refractivity contribution in [3.8, 4) is 0 Å². The Morgan fingerprint density at radius 1 is 0.975 bits per heavy atom. The summed E-state index contributed by atoms with van der Waals surface area (Å²) in [6, 6.07) is 22.0. The number of para-hydroxylation sites is 1. The van der Waals surface area contributed by atoms with Crippen molar-refractivity contribution in [3.05, 3.63) is 89.5 Å². The standard InChI is InChI=1S/C32H39N5O3/c1-21-14-16-23(17-15-21)33-31(40)34-27-19-26(22-10-9-11-24(18-22)36(5)6)25-12-7-8-13-28(25)37(30(27)39)20-29(38)35-32(2,3)4/h7-18,26-27H,19-20H2,1-6H3,(H,35,38)(H2,33,34,40). The van der Waals surface area contributed by atoms with Crippen molar-refractivity contribution in [2.45, 2.75) is 51.6 Å². The fourth-order valence-electron chi connectivity index (χ4n) is 4.98. The van der Waals surface area contributed by atoms with Gasteiger partial charge in [-0.3, -0.25) is 9.59 Å². The molecule has 8 nitrogen and oxygen atoms in total. The first kappa shape index (κ1) is 28.7. The number of aryl methyl sites for hydroxylation is 1. The van der Waals surface area contributed by atoms with Gasteiger partial charge in [-0.15, -0.1) is 0 Å². The second-order valence-electron chi connectivity index (χ2n) is 11.6. The summed E-state index contributed by atoms with van der Waals surface area (Å²) in [4.78, 5) is 43.8. The molecule has 8 heteroatoms. The lowest BCUT2D eigenvalue weighted by molar-refractivity contribution is -0.125. The first-order valence-electron chi connectivity index (χ1n) is 13.5. The molecule has 2 atom stereocenters. The molecule has 3 aromatic rings. The Kier molecular flexibility index (Phi) is 8.47. The van der Waals surface area contributed by atoms with E-state index in [-0.39, 0.29) is 24.3 Å². The van der Waals surface area contributed by atoms with Crippen LogP contribution in [0.5, 0.6) is 0 Å². The van der Waals surface area contributed by atoms with Crippen LogP contribution in [0, 0.1) is 6.92 Å². The third-order valence-electron chi connectivity index (χ3n) is 6.86. The van der Waals surface area contributed by atoms with E-state index in [1.165, 1.54) is 4.90 Å². The number of fused-ring (bicyclic) bond motifs is 1. The summed E-state index contributed by atoms with van der Waals surface area (Å²) >= 11 is 0. The quantitative estimate of drug-likeness (QED) is 0.408. The lowest BCUT2D eigenvalue weighted by Crippen LogP contribution is -2.53. The maximum atomic E-state index is 14.1. The van der Waals surface area contributed by atoms with Gasteiger partial charge in [-0.1, -0.05) is 48.0 Å². The first-order valence-corrected chi connectivity index (χ1v) is 13.5. The summed E-state index contributed by atoms with van der Waals surface area (Å²) in [7, 11) is 3.97. The normalized spacial score (nSPS) is 16.9. The van der Waals surface area contributed by atoms with Gasteiger partial charge in [0.15, 0.2) is 0 Å². The minimum absolute atomic E-state index is 0.157. The van der Waals surface area contributed by atoms with Crippen molar-refractivity contribution in [1.29, 1.82) is 0 Å². The molecule has 0 aromatic heterocycles. The van der Waals surface area contributed by atoms with Crippen LogP contribution >= 0.6 is 0 Å². The average Bonchev–Trinajstić information content (AvgIpc) is 3.00. The zero-order valence-corrected chi connectivity index (χ0v) is 24.1. The van der Waals surface area contributed by atoms with Crippen molar-refractivity contribution in [2.24, 2.45) is 0 Å². The molecule has 1 aliphatic heterocycles. The number of rotatable bonds is 6. The number of urea groups is 1. The molecule has 2 unspecified atom stereocenters. The zero-order chi connectivity index (χ0) is 29.0. The second-order valence-corrected chi connectivity index (χ2v) is 11.6. The van der Waals surface area contributed by atoms with Crippen molar-refractivity contribution in [1.82, 2.24) is 10.6 Å². The number of carbonyl (C=O) groups is 3. The molecule has 3 N–H and O–H groups in total. The number of hydrogen-bond donors (Lipinski definition) is 3. The maximum Gasteiger partial charge on any atom is 0.319 e. The van der Waals surface area contributed by atoms with Gasteiger partial charge in [-0.25, -0.2) is 4.79 Å². The van der Waals surface area contributed by atoms with Crippen LogP contribution in [-0.4, -0.2) is 50.1 Å². The molecule has 0 fully saturated rings. The van der Waals surface area contributed by atoms with E-state index in [1.54, 1.807) is 0 Å². The molecule has 210 valence electrons. The molecular weight excluding hydrogens is 502 g/mol. The van der Waals surface area contributed by atoms with Crippen molar-refractivity contribution >= 4 is 34.9 Å². The number of benzene rings is 3. The highest BCUT2D eigenvalue weighted by Crippen LogP contribution is 2.40. The Labute approximate surface area is 236 Å². The predicted octanol–water partition coefficient (Wildman–Crippen LogP) is 5.03. The third-order valence-corrected chi connectivity index (χ3v) is 6.86. The van der Waals surface area contributed by atoms with Gasteiger partial charge in [0.1, 0.15) is 12.6 Å². The van der Waals surface area contributed by atoms with Gasteiger partial charge in [0, 0.05) is 42.6 Å². The highest BCUT2D eigenvalue weighted by atomic mass is 16.2. The fraction of sp³-hybridized carbons (Fsp3) is 0.344. The molecule has 0 spiro atoms. The topological polar surface area (TPSA) is 93.8 Å². The number of nitrogens with zero attached hydrogens (tertiary/aromatic N) is 2. The Morgan fingerprint density at radius 2 is 1.68 bits per heavy atom. The van der Waals surface area contributed by atoms with Gasteiger partial charge in [-0.05, 0) is 75.6 Å².